The highest BCUT2D eigenvalue weighted by Crippen LogP contribution is 2.07. The lowest BCUT2D eigenvalue weighted by Crippen LogP contribution is -2.42. The van der Waals surface area contributed by atoms with Crippen molar-refractivity contribution in [2.24, 2.45) is 0 Å². The number of esters is 1. The highest BCUT2D eigenvalue weighted by Gasteiger charge is 2.16. The molecule has 1 aromatic heterocycles. The molecular weight excluding hydrogens is 368 g/mol. The molecule has 0 saturated carbocycles. The molecule has 0 aliphatic carbocycles. The van der Waals surface area contributed by atoms with Crippen LogP contribution in [-0.4, -0.2) is 40.2 Å². The topological polar surface area (TPSA) is 128 Å². The largest absolute Gasteiger partial charge is 0.454 e. The number of hydrogen-bond donors (Lipinski definition) is 2. The number of hydrogen-bond acceptors (Lipinski definition) is 6. The fourth-order valence-corrected chi connectivity index (χ4v) is 2.50. The number of benzene rings is 1. The quantitative estimate of drug-likeness (QED) is 0.497. The van der Waals surface area contributed by atoms with Crippen LogP contribution in [-0.2, 0) is 27.4 Å². The minimum absolute atomic E-state index is 0.139. The number of imide groups is 1. The number of ether oxygens (including phenoxy) is 1. The Hall–Kier alpha value is -3.69. The molecule has 1 aromatic carbocycles. The smallest absolute Gasteiger partial charge is 0.332 e. The average Bonchev–Trinajstić information content (AvgIpc) is 2.68. The monoisotopic (exact) mass is 388 g/mol. The molecule has 0 aliphatic rings. The van der Waals surface area contributed by atoms with Gasteiger partial charge in [0.1, 0.15) is 6.54 Å². The van der Waals surface area contributed by atoms with Crippen LogP contribution in [0.5, 0.6) is 0 Å². The predicted octanol–water partition coefficient (Wildman–Crippen LogP) is -0.262. The highest BCUT2D eigenvalue weighted by molar-refractivity contribution is 5.95. The Balaban J connectivity index is 2.12. The Labute approximate surface area is 159 Å². The number of para-hydroxylation sites is 1. The van der Waals surface area contributed by atoms with Crippen molar-refractivity contribution < 1.29 is 19.1 Å². The average molecular weight is 388 g/mol. The number of rotatable bonds is 7. The third-order valence-corrected chi connectivity index (χ3v) is 3.76. The normalized spacial score (nSPS) is 10.3. The number of carbonyl (C=O) groups excluding carboxylic acids is 3. The zero-order chi connectivity index (χ0) is 20.7. The summed E-state index contributed by atoms with van der Waals surface area (Å²) < 4.78 is 6.94. The third-order valence-electron chi connectivity index (χ3n) is 3.76. The number of nitrogens with one attached hydrogen (secondary N) is 2. The second-order valence-electron chi connectivity index (χ2n) is 5.64. The van der Waals surface area contributed by atoms with Crippen LogP contribution in [0.2, 0.25) is 0 Å². The lowest BCUT2D eigenvalue weighted by atomic mass is 10.2. The minimum atomic E-state index is -0.866. The van der Waals surface area contributed by atoms with Crippen LogP contribution in [0, 0.1) is 0 Å². The van der Waals surface area contributed by atoms with Crippen molar-refractivity contribution in [3.05, 3.63) is 57.8 Å². The minimum Gasteiger partial charge on any atom is -0.454 e. The van der Waals surface area contributed by atoms with Gasteiger partial charge in [-0.25, -0.2) is 9.59 Å². The lowest BCUT2D eigenvalue weighted by molar-refractivity contribution is -0.148. The Morgan fingerprint density at radius 1 is 1.18 bits per heavy atom. The van der Waals surface area contributed by atoms with E-state index in [0.29, 0.717) is 0 Å². The van der Waals surface area contributed by atoms with Crippen molar-refractivity contribution in [3.8, 4) is 0 Å². The Kier molecular flexibility index (Phi) is 6.85. The van der Waals surface area contributed by atoms with Crippen LogP contribution in [0.3, 0.4) is 0 Å². The number of urea groups is 1. The maximum atomic E-state index is 12.5. The molecule has 10 nitrogen and oxygen atoms in total. The van der Waals surface area contributed by atoms with Gasteiger partial charge in [-0.1, -0.05) is 18.2 Å². The first-order chi connectivity index (χ1) is 13.4. The van der Waals surface area contributed by atoms with Gasteiger partial charge in [0.15, 0.2) is 6.61 Å². The number of aromatic nitrogens is 2. The number of fused-ring (bicyclic) bond motifs is 1. The molecule has 0 atom stereocenters. The van der Waals surface area contributed by atoms with E-state index in [1.54, 1.807) is 31.2 Å². The van der Waals surface area contributed by atoms with Crippen LogP contribution < -0.4 is 21.9 Å². The van der Waals surface area contributed by atoms with Crippen LogP contribution in [0.1, 0.15) is 6.92 Å². The standard InChI is InChI=1S/C18H20N4O6/c1-3-9-19-17(26)20-14(23)11-28-15(24)10-22-13-8-6-5-7-12(13)16(25)21(4-2)18(22)27/h3,5-8H,1,4,9-11H2,2H3,(H2,19,20,23,26). The number of carbonyl (C=O) groups is 3. The van der Waals surface area contributed by atoms with E-state index >= 15 is 0 Å². The fourth-order valence-electron chi connectivity index (χ4n) is 2.50. The molecule has 0 saturated heterocycles. The summed E-state index contributed by atoms with van der Waals surface area (Å²) in [5.41, 5.74) is -0.818. The van der Waals surface area contributed by atoms with Crippen LogP contribution in [0.4, 0.5) is 4.79 Å². The summed E-state index contributed by atoms with van der Waals surface area (Å²) in [6.45, 7) is 4.18. The van der Waals surface area contributed by atoms with E-state index in [-0.39, 0.29) is 24.0 Å². The van der Waals surface area contributed by atoms with Crippen molar-refractivity contribution in [3.63, 3.8) is 0 Å². The zero-order valence-corrected chi connectivity index (χ0v) is 15.3. The molecule has 0 bridgehead atoms. The summed E-state index contributed by atoms with van der Waals surface area (Å²) >= 11 is 0. The second kappa shape index (κ2) is 9.31. The van der Waals surface area contributed by atoms with Crippen molar-refractivity contribution in [2.75, 3.05) is 13.2 Å². The Morgan fingerprint density at radius 3 is 2.57 bits per heavy atom. The first kappa shape index (κ1) is 20.6. The van der Waals surface area contributed by atoms with Gasteiger partial charge >= 0.3 is 17.7 Å². The molecule has 3 amide bonds. The van der Waals surface area contributed by atoms with Crippen molar-refractivity contribution in [1.29, 1.82) is 0 Å². The number of nitrogens with zero attached hydrogens (tertiary/aromatic N) is 2. The highest BCUT2D eigenvalue weighted by atomic mass is 16.5. The summed E-state index contributed by atoms with van der Waals surface area (Å²) in [5, 5.41) is 4.59. The van der Waals surface area contributed by atoms with E-state index in [9.17, 15) is 24.0 Å². The van der Waals surface area contributed by atoms with Gasteiger partial charge in [-0.15, -0.1) is 6.58 Å². The summed E-state index contributed by atoms with van der Waals surface area (Å²) in [6.07, 6.45) is 1.43. The molecule has 0 spiro atoms. The van der Waals surface area contributed by atoms with Gasteiger partial charge in [-0.05, 0) is 19.1 Å². The van der Waals surface area contributed by atoms with Crippen molar-refractivity contribution in [1.82, 2.24) is 19.8 Å². The molecule has 148 valence electrons. The van der Waals surface area contributed by atoms with Crippen molar-refractivity contribution in [2.45, 2.75) is 20.0 Å². The maximum absolute atomic E-state index is 12.5. The Morgan fingerprint density at radius 2 is 1.89 bits per heavy atom. The van der Waals surface area contributed by atoms with E-state index in [1.165, 1.54) is 6.08 Å². The summed E-state index contributed by atoms with van der Waals surface area (Å²) in [6, 6.07) is 5.63. The van der Waals surface area contributed by atoms with Gasteiger partial charge in [0, 0.05) is 13.1 Å². The molecule has 1 heterocycles. The van der Waals surface area contributed by atoms with Crippen molar-refractivity contribution >= 4 is 28.8 Å². The molecule has 10 heteroatoms. The lowest BCUT2D eigenvalue weighted by Gasteiger charge is -2.12. The zero-order valence-electron chi connectivity index (χ0n) is 15.3. The van der Waals surface area contributed by atoms with Gasteiger partial charge in [-0.3, -0.25) is 28.8 Å². The first-order valence-electron chi connectivity index (χ1n) is 8.45. The summed E-state index contributed by atoms with van der Waals surface area (Å²) in [5.74, 6) is -1.69. The number of amides is 3. The molecule has 2 N–H and O–H groups in total. The van der Waals surface area contributed by atoms with Gasteiger partial charge in [-0.2, -0.15) is 0 Å². The molecule has 0 fully saturated rings. The van der Waals surface area contributed by atoms with E-state index < -0.39 is 42.3 Å². The SMILES string of the molecule is C=CCNC(=O)NC(=O)COC(=O)Cn1c(=O)n(CC)c(=O)c2ccccc21. The van der Waals surface area contributed by atoms with Gasteiger partial charge in [0.2, 0.25) is 0 Å². The fraction of sp³-hybridized carbons (Fsp3) is 0.278. The molecule has 2 aromatic rings. The van der Waals surface area contributed by atoms with Gasteiger partial charge < -0.3 is 10.1 Å². The van der Waals surface area contributed by atoms with Gasteiger partial charge in [0.05, 0.1) is 10.9 Å². The van der Waals surface area contributed by atoms with Crippen LogP contribution >= 0.6 is 0 Å². The molecule has 0 radical (unpaired) electrons. The molecular formula is C18H20N4O6. The molecule has 0 aliphatic heterocycles. The Bertz CT molecular complexity index is 1040. The predicted molar refractivity (Wildman–Crippen MR) is 101 cm³/mol. The molecule has 2 rings (SSSR count). The van der Waals surface area contributed by atoms with E-state index in [1.807, 2.05) is 5.32 Å². The third kappa shape index (κ3) is 4.72. The van der Waals surface area contributed by atoms with E-state index in [4.69, 9.17) is 4.74 Å². The van der Waals surface area contributed by atoms with E-state index in [2.05, 4.69) is 11.9 Å². The summed E-state index contributed by atoms with van der Waals surface area (Å²) in [7, 11) is 0. The summed E-state index contributed by atoms with van der Waals surface area (Å²) in [4.78, 5) is 59.9. The molecule has 28 heavy (non-hydrogen) atoms. The van der Waals surface area contributed by atoms with Gasteiger partial charge in [0.25, 0.3) is 11.5 Å². The van der Waals surface area contributed by atoms with E-state index in [0.717, 1.165) is 9.13 Å². The van der Waals surface area contributed by atoms with Crippen LogP contribution in [0.25, 0.3) is 10.9 Å². The first-order valence-corrected chi connectivity index (χ1v) is 8.45. The molecule has 0 unspecified atom stereocenters. The second-order valence-corrected chi connectivity index (χ2v) is 5.64. The maximum Gasteiger partial charge on any atom is 0.332 e. The van der Waals surface area contributed by atoms with Crippen LogP contribution in [0.15, 0.2) is 46.5 Å².